The zero-order valence-corrected chi connectivity index (χ0v) is 76.3. The maximum absolute atomic E-state index is 14.8. The number of halogens is 1. The predicted octanol–water partition coefficient (Wildman–Crippen LogP) is 13.5. The highest BCUT2D eigenvalue weighted by molar-refractivity contribution is 5.88. The van der Waals surface area contributed by atoms with Gasteiger partial charge in [-0.05, 0) is 187 Å². The molecule has 0 atom stereocenters. The molecule has 23 rings (SSSR count). The van der Waals surface area contributed by atoms with Gasteiger partial charge in [0.25, 0.3) is 5.89 Å². The van der Waals surface area contributed by atoms with E-state index in [0.29, 0.717) is 70.5 Å². The van der Waals surface area contributed by atoms with Crippen LogP contribution in [0.25, 0.3) is 67.1 Å². The second kappa shape index (κ2) is 44.1. The number of fused-ring (bicyclic) bond motifs is 4. The Hall–Kier alpha value is -13.1. The summed E-state index contributed by atoms with van der Waals surface area (Å²) in [7, 11) is 0. The van der Waals surface area contributed by atoms with Gasteiger partial charge in [-0.2, -0.15) is 5.21 Å². The van der Waals surface area contributed by atoms with Crippen molar-refractivity contribution < 1.29 is 51.8 Å². The number of aliphatic hydroxyl groups is 1. The van der Waals surface area contributed by atoms with E-state index in [2.05, 4.69) is 179 Å². The zero-order valence-electron chi connectivity index (χ0n) is 76.3. The number of rotatable bonds is 24. The van der Waals surface area contributed by atoms with Crippen molar-refractivity contribution in [3.8, 4) is 46.0 Å². The van der Waals surface area contributed by atoms with Crippen LogP contribution in [0.4, 0.5) is 27.1 Å². The second-order valence-corrected chi connectivity index (χ2v) is 36.4. The maximum atomic E-state index is 14.8. The third-order valence-corrected chi connectivity index (χ3v) is 27.2. The minimum absolute atomic E-state index is 0.0452. The lowest BCUT2D eigenvalue weighted by molar-refractivity contribution is 0.122. The largest absolute Gasteiger partial charge is 0.488 e. The Kier molecular flexibility index (Phi) is 29.4. The quantitative estimate of drug-likeness (QED) is 0.0567. The standard InChI is InChI=1S/C26H30FN5O2.C25H27N7O3.C24H27N9O2.C24H29N5O3/c27-24-21(30-16-31-25(24)18-3-4-18)13-17-1-5-20(6-2-17)34-23-15-19(32-9-11-33-12-10-32)14-22-26(23)29-8-7-28-22;1-3-19(4-2-17(1)13-23-27-6-5-20(30-23)25-31-29-16-34-25)35-22-15-18(32-9-11-33-12-10-32)14-21-24(22)28-8-7-26-21;1-3-19(4-2-16(1)11-22-27-14-17(15-28-22)24-29-31-32-30-24)35-21-13-18(33-7-9-34-10-8-33)12-20-23(21)26-6-5-25-20;30-16-18-5-6-26-23(28-18)13-17-1-3-20(4-2-17)32-22-15-19(29-9-11-31-12-10-29)14-21-24(22)27-8-7-25-21/h7-8,14-18,20H,1-6,9-13H2;5-8,14-17,19H,1-4,9-13H2;5-6,12-16,19H,1-4,7-11H2,(H,29,30,31,32);5-8,14-15,17,20,30H,1-4,9-13,16H2. The highest BCUT2D eigenvalue weighted by Gasteiger charge is 2.34. The molecular formula is C99H113FN26O10. The molecule has 36 nitrogen and oxygen atoms in total. The van der Waals surface area contributed by atoms with Gasteiger partial charge in [-0.1, -0.05) is 0 Å². The average Bonchev–Trinajstić information content (AvgIpc) is 0.911. The van der Waals surface area contributed by atoms with E-state index in [0.717, 1.165) is 353 Å². The fourth-order valence-corrected chi connectivity index (χ4v) is 19.7. The summed E-state index contributed by atoms with van der Waals surface area (Å²) >= 11 is 0. The maximum Gasteiger partial charge on any atom is 0.266 e. The van der Waals surface area contributed by atoms with Crippen LogP contribution in [-0.4, -0.2) is 245 Å². The number of nitrogens with zero attached hydrogens (tertiary/aromatic N) is 25. The van der Waals surface area contributed by atoms with Gasteiger partial charge in [-0.15, -0.1) is 20.4 Å². The SMILES string of the molecule is Fc1c(CC2CCC(Oc3cc(N4CCOCC4)cc4nccnc34)CC2)ncnc1C1CC1.OCc1ccnc(CC2CCC(Oc3cc(N4CCOCC4)cc4nccnc34)CC2)n1.c1cc(-c2nnco2)nc(CC2CCC(Oc3cc(N4CCOCC4)cc4nccnc34)CC2)n1.c1cnc2c(OC3CCC(Cc4ncc(-c5nn[nH]n5)cn4)CC3)cc(N3CCOCC3)cc2n1. The predicted molar refractivity (Wildman–Crippen MR) is 503 cm³/mol. The Morgan fingerprint density at radius 2 is 0.765 bits per heavy atom. The smallest absolute Gasteiger partial charge is 0.266 e. The lowest BCUT2D eigenvalue weighted by Gasteiger charge is -2.31. The van der Waals surface area contributed by atoms with Crippen molar-refractivity contribution in [2.45, 2.75) is 178 Å². The summed E-state index contributed by atoms with van der Waals surface area (Å²) < 4.78 is 68.3. The Morgan fingerprint density at radius 1 is 0.382 bits per heavy atom. The normalized spacial score (nSPS) is 21.6. The summed E-state index contributed by atoms with van der Waals surface area (Å²) in [5.41, 5.74) is 14.5. The molecule has 5 aliphatic carbocycles. The molecule has 0 radical (unpaired) electrons. The summed E-state index contributed by atoms with van der Waals surface area (Å²) in [6.07, 6.45) is 45.8. The number of H-pyrrole nitrogens is 1. The topological polar surface area (TPSA) is 407 Å². The molecule has 14 heterocycles. The first-order valence-corrected chi connectivity index (χ1v) is 48.2. The molecule has 37 heteroatoms. The van der Waals surface area contributed by atoms with Crippen molar-refractivity contribution in [2.75, 3.05) is 125 Å². The van der Waals surface area contributed by atoms with Crippen molar-refractivity contribution in [1.82, 2.24) is 111 Å². The molecule has 0 bridgehead atoms. The molecule has 0 spiro atoms. The average molecular weight is 1850 g/mol. The fourth-order valence-electron chi connectivity index (χ4n) is 19.7. The highest BCUT2D eigenvalue weighted by Crippen LogP contribution is 2.44. The molecule has 136 heavy (non-hydrogen) atoms. The fraction of sp³-hybridized carbons (Fsp3) is 0.485. The van der Waals surface area contributed by atoms with Gasteiger partial charge < -0.3 is 67.0 Å². The number of ether oxygens (including phenoxy) is 8. The number of aliphatic hydroxyl groups excluding tert-OH is 1. The Morgan fingerprint density at radius 3 is 1.14 bits per heavy atom. The first kappa shape index (κ1) is 90.7. The van der Waals surface area contributed by atoms with E-state index >= 15 is 0 Å². The summed E-state index contributed by atoms with van der Waals surface area (Å²) in [6, 6.07) is 20.4. The number of aromatic amines is 1. The van der Waals surface area contributed by atoms with Crippen molar-refractivity contribution in [3.05, 3.63) is 188 Å². The van der Waals surface area contributed by atoms with Gasteiger partial charge in [0.15, 0.2) is 5.82 Å². The van der Waals surface area contributed by atoms with Crippen molar-refractivity contribution in [3.63, 3.8) is 0 Å². The van der Waals surface area contributed by atoms with Crippen LogP contribution in [0, 0.1) is 29.5 Å². The molecule has 5 saturated carbocycles. The van der Waals surface area contributed by atoms with Gasteiger partial charge in [0.1, 0.15) is 74.6 Å². The molecule has 706 valence electrons. The number of hydrogen-bond acceptors (Lipinski definition) is 35. The van der Waals surface area contributed by atoms with Crippen LogP contribution in [0.5, 0.6) is 23.0 Å². The van der Waals surface area contributed by atoms with E-state index in [-0.39, 0.29) is 36.8 Å². The molecule has 9 aliphatic rings. The molecule has 4 aliphatic heterocycles. The van der Waals surface area contributed by atoms with Crippen LogP contribution < -0.4 is 38.5 Å². The molecule has 2 N–H and O–H groups in total. The number of benzene rings is 4. The molecule has 0 amide bonds. The number of nitrogens with one attached hydrogen (secondary N) is 1. The van der Waals surface area contributed by atoms with Gasteiger partial charge in [0, 0.05) is 199 Å². The summed E-state index contributed by atoms with van der Waals surface area (Å²) in [5.74, 6) is 8.81. The molecule has 10 aromatic heterocycles. The number of morpholine rings is 4. The summed E-state index contributed by atoms with van der Waals surface area (Å²) in [4.78, 5) is 81.1. The minimum atomic E-state index is -0.173. The van der Waals surface area contributed by atoms with E-state index in [1.165, 1.54) is 12.7 Å². The molecule has 14 aromatic rings. The van der Waals surface area contributed by atoms with Crippen molar-refractivity contribution in [2.24, 2.45) is 23.7 Å². The lowest BCUT2D eigenvalue weighted by atomic mass is 9.84. The first-order chi connectivity index (χ1) is 67.2. The summed E-state index contributed by atoms with van der Waals surface area (Å²) in [6.45, 7) is 12.8. The first-order valence-electron chi connectivity index (χ1n) is 48.2. The van der Waals surface area contributed by atoms with E-state index < -0.39 is 0 Å². The van der Waals surface area contributed by atoms with Gasteiger partial charge in [-0.3, -0.25) is 19.9 Å². The number of tetrazole rings is 1. The molecule has 4 aromatic carbocycles. The third-order valence-electron chi connectivity index (χ3n) is 27.2. The Balaban J connectivity index is 0.000000112. The van der Waals surface area contributed by atoms with Crippen LogP contribution in [0.1, 0.15) is 156 Å². The summed E-state index contributed by atoms with van der Waals surface area (Å²) in [5, 5.41) is 30.9. The number of anilines is 4. The van der Waals surface area contributed by atoms with E-state index in [1.807, 2.05) is 0 Å². The van der Waals surface area contributed by atoms with Gasteiger partial charge in [0.2, 0.25) is 12.2 Å². The van der Waals surface area contributed by atoms with Crippen molar-refractivity contribution in [1.29, 1.82) is 0 Å². The van der Waals surface area contributed by atoms with Gasteiger partial charge in [0.05, 0.1) is 129 Å². The van der Waals surface area contributed by atoms with Crippen molar-refractivity contribution >= 4 is 66.9 Å². The van der Waals surface area contributed by atoms with Crippen LogP contribution in [0.2, 0.25) is 0 Å². The molecule has 4 saturated heterocycles. The van der Waals surface area contributed by atoms with Gasteiger partial charge in [-0.25, -0.2) is 64.2 Å². The van der Waals surface area contributed by atoms with Gasteiger partial charge >= 0.3 is 0 Å². The Labute approximate surface area is 786 Å². The molecule has 9 fully saturated rings. The van der Waals surface area contributed by atoms with Crippen LogP contribution in [0.3, 0.4) is 0 Å². The van der Waals surface area contributed by atoms with E-state index in [4.69, 9.17) is 42.3 Å². The van der Waals surface area contributed by atoms with Crippen LogP contribution in [-0.2, 0) is 51.2 Å². The molecule has 0 unspecified atom stereocenters. The third kappa shape index (κ3) is 23.2. The van der Waals surface area contributed by atoms with Crippen LogP contribution in [0.15, 0.2) is 152 Å². The zero-order chi connectivity index (χ0) is 91.6. The number of hydrogen-bond donors (Lipinski definition) is 2. The Bertz CT molecular complexity index is 6230. The molecular weight excluding hydrogens is 1730 g/mol. The second-order valence-electron chi connectivity index (χ2n) is 36.4. The van der Waals surface area contributed by atoms with E-state index in [1.54, 1.807) is 86.5 Å². The minimum Gasteiger partial charge on any atom is -0.488 e. The lowest BCUT2D eigenvalue weighted by Crippen LogP contribution is -2.36. The van der Waals surface area contributed by atoms with E-state index in [9.17, 15) is 9.50 Å². The van der Waals surface area contributed by atoms with Crippen LogP contribution >= 0.6 is 0 Å². The highest BCUT2D eigenvalue weighted by atomic mass is 19.1. The monoisotopic (exact) mass is 1840 g/mol. The number of aromatic nitrogens is 22.